The van der Waals surface area contributed by atoms with Gasteiger partial charge in [-0.25, -0.2) is 0 Å². The van der Waals surface area contributed by atoms with Crippen LogP contribution in [0.25, 0.3) is 0 Å². The summed E-state index contributed by atoms with van der Waals surface area (Å²) in [7, 11) is 0. The van der Waals surface area contributed by atoms with Crippen molar-refractivity contribution in [3.05, 3.63) is 0 Å². The fourth-order valence-electron chi connectivity index (χ4n) is 4.91. The van der Waals surface area contributed by atoms with Gasteiger partial charge in [0.25, 0.3) is 0 Å². The van der Waals surface area contributed by atoms with Crippen LogP contribution in [0.2, 0.25) is 0 Å². The van der Waals surface area contributed by atoms with Crippen molar-refractivity contribution in [2.45, 2.75) is 77.4 Å². The maximum Gasteiger partial charge on any atom is 0.0221 e. The number of nitrogens with zero attached hydrogens (tertiary/aromatic N) is 1. The summed E-state index contributed by atoms with van der Waals surface area (Å²) < 4.78 is 0. The third-order valence-electron chi connectivity index (χ3n) is 6.42. The largest absolute Gasteiger partial charge is 0.311 e. The van der Waals surface area contributed by atoms with E-state index in [1.807, 2.05) is 0 Å². The molecule has 1 aliphatic heterocycles. The topological polar surface area (TPSA) is 15.3 Å². The van der Waals surface area contributed by atoms with Crippen LogP contribution in [0.15, 0.2) is 0 Å². The first-order valence-corrected chi connectivity index (χ1v) is 8.72. The van der Waals surface area contributed by atoms with Gasteiger partial charge in [0.15, 0.2) is 0 Å². The summed E-state index contributed by atoms with van der Waals surface area (Å²) >= 11 is 0. The number of rotatable bonds is 4. The highest BCUT2D eigenvalue weighted by Gasteiger charge is 2.45. The molecule has 0 aromatic heterocycles. The minimum absolute atomic E-state index is 0.729. The summed E-state index contributed by atoms with van der Waals surface area (Å²) in [6, 6.07) is 2.45. The van der Waals surface area contributed by atoms with Gasteiger partial charge in [0.2, 0.25) is 0 Å². The van der Waals surface area contributed by atoms with Gasteiger partial charge in [-0.05, 0) is 43.4 Å². The fourth-order valence-corrected chi connectivity index (χ4v) is 4.91. The van der Waals surface area contributed by atoms with Gasteiger partial charge in [-0.2, -0.15) is 0 Å². The van der Waals surface area contributed by atoms with Crippen molar-refractivity contribution in [2.75, 3.05) is 13.1 Å². The Balaban J connectivity index is 1.69. The van der Waals surface area contributed by atoms with E-state index in [1.54, 1.807) is 6.42 Å². The summed E-state index contributed by atoms with van der Waals surface area (Å²) in [5.74, 6) is 2.93. The van der Waals surface area contributed by atoms with Crippen LogP contribution in [0, 0.1) is 17.8 Å². The Morgan fingerprint density at radius 1 is 1.21 bits per heavy atom. The average Bonchev–Trinajstić information content (AvgIpc) is 3.08. The van der Waals surface area contributed by atoms with Gasteiger partial charge in [-0.1, -0.05) is 33.6 Å². The Labute approximate surface area is 119 Å². The van der Waals surface area contributed by atoms with Crippen molar-refractivity contribution in [1.29, 1.82) is 0 Å². The van der Waals surface area contributed by atoms with E-state index in [0.29, 0.717) is 0 Å². The average molecular weight is 264 g/mol. The van der Waals surface area contributed by atoms with Gasteiger partial charge >= 0.3 is 0 Å². The summed E-state index contributed by atoms with van der Waals surface area (Å²) in [5, 5.41) is 3.83. The SMILES string of the molecule is CCC(C)C1CN(C2CC3CCC2C3)C(CC)CN1. The van der Waals surface area contributed by atoms with Gasteiger partial charge < -0.3 is 5.32 Å². The normalized spacial score (nSPS) is 44.7. The van der Waals surface area contributed by atoms with Crippen molar-refractivity contribution in [1.82, 2.24) is 10.2 Å². The van der Waals surface area contributed by atoms with E-state index in [4.69, 9.17) is 0 Å². The minimum atomic E-state index is 0.729. The number of nitrogens with one attached hydrogen (secondary N) is 1. The van der Waals surface area contributed by atoms with Crippen LogP contribution in [0.5, 0.6) is 0 Å². The van der Waals surface area contributed by atoms with Crippen LogP contribution < -0.4 is 5.32 Å². The second-order valence-electron chi connectivity index (χ2n) is 7.40. The zero-order valence-electron chi connectivity index (χ0n) is 13.1. The molecule has 0 aromatic rings. The molecule has 6 unspecified atom stereocenters. The molecular formula is C17H32N2. The zero-order valence-corrected chi connectivity index (χ0v) is 13.1. The first-order chi connectivity index (χ1) is 9.22. The lowest BCUT2D eigenvalue weighted by Gasteiger charge is -2.47. The van der Waals surface area contributed by atoms with Gasteiger partial charge in [0.1, 0.15) is 0 Å². The van der Waals surface area contributed by atoms with Gasteiger partial charge in [-0.3, -0.25) is 4.90 Å². The lowest BCUT2D eigenvalue weighted by atomic mass is 9.88. The van der Waals surface area contributed by atoms with E-state index in [9.17, 15) is 0 Å². The van der Waals surface area contributed by atoms with Gasteiger partial charge in [-0.15, -0.1) is 0 Å². The van der Waals surface area contributed by atoms with Crippen LogP contribution in [-0.4, -0.2) is 36.1 Å². The molecule has 0 spiro atoms. The van der Waals surface area contributed by atoms with Crippen LogP contribution in [0.1, 0.15) is 59.3 Å². The summed E-state index contributed by atoms with van der Waals surface area (Å²) in [4.78, 5) is 2.93. The third kappa shape index (κ3) is 2.58. The second kappa shape index (κ2) is 5.73. The second-order valence-corrected chi connectivity index (χ2v) is 7.40. The predicted octanol–water partition coefficient (Wildman–Crippen LogP) is 3.27. The summed E-state index contributed by atoms with van der Waals surface area (Å²) in [6.07, 6.45) is 8.71. The molecule has 2 saturated carbocycles. The van der Waals surface area contributed by atoms with Gasteiger partial charge in [0, 0.05) is 31.2 Å². The van der Waals surface area contributed by atoms with Crippen molar-refractivity contribution in [3.8, 4) is 0 Å². The number of fused-ring (bicyclic) bond motifs is 2. The highest BCUT2D eigenvalue weighted by molar-refractivity contribution is 5.00. The Bertz CT molecular complexity index is 304. The molecule has 2 bridgehead atoms. The molecule has 1 heterocycles. The quantitative estimate of drug-likeness (QED) is 0.838. The smallest absolute Gasteiger partial charge is 0.0221 e. The van der Waals surface area contributed by atoms with E-state index in [-0.39, 0.29) is 0 Å². The molecule has 1 N–H and O–H groups in total. The molecule has 19 heavy (non-hydrogen) atoms. The molecule has 0 amide bonds. The van der Waals surface area contributed by atoms with Crippen LogP contribution in [0.4, 0.5) is 0 Å². The molecule has 110 valence electrons. The Hall–Kier alpha value is -0.0800. The maximum absolute atomic E-state index is 3.83. The lowest BCUT2D eigenvalue weighted by Crippen LogP contribution is -2.61. The van der Waals surface area contributed by atoms with Crippen molar-refractivity contribution in [2.24, 2.45) is 17.8 Å². The third-order valence-corrected chi connectivity index (χ3v) is 6.42. The fraction of sp³-hybridized carbons (Fsp3) is 1.00. The molecule has 3 fully saturated rings. The molecule has 3 aliphatic rings. The van der Waals surface area contributed by atoms with Crippen molar-refractivity contribution < 1.29 is 0 Å². The molecule has 0 aromatic carbocycles. The van der Waals surface area contributed by atoms with E-state index in [1.165, 1.54) is 45.2 Å². The standard InChI is InChI=1S/C17H32N2/c1-4-12(3)16-11-19(15(5-2)10-18-16)17-9-13-6-7-14(17)8-13/h12-18H,4-11H2,1-3H3. The molecule has 6 atom stereocenters. The summed E-state index contributed by atoms with van der Waals surface area (Å²) in [6.45, 7) is 9.65. The molecule has 0 radical (unpaired) electrons. The van der Waals surface area contributed by atoms with E-state index < -0.39 is 0 Å². The highest BCUT2D eigenvalue weighted by Crippen LogP contribution is 2.47. The van der Waals surface area contributed by atoms with Crippen molar-refractivity contribution in [3.63, 3.8) is 0 Å². The lowest BCUT2D eigenvalue weighted by molar-refractivity contribution is 0.0396. The molecule has 2 nitrogen and oxygen atoms in total. The first kappa shape index (κ1) is 13.9. The monoisotopic (exact) mass is 264 g/mol. The van der Waals surface area contributed by atoms with Gasteiger partial charge in [0.05, 0.1) is 0 Å². The maximum atomic E-state index is 3.83. The number of hydrogen-bond donors (Lipinski definition) is 1. The molecule has 2 aliphatic carbocycles. The molecular weight excluding hydrogens is 232 g/mol. The Morgan fingerprint density at radius 2 is 2.05 bits per heavy atom. The molecule has 2 heteroatoms. The first-order valence-electron chi connectivity index (χ1n) is 8.72. The Kier molecular flexibility index (Phi) is 4.19. The highest BCUT2D eigenvalue weighted by atomic mass is 15.3. The number of piperazine rings is 1. The zero-order chi connectivity index (χ0) is 13.4. The van der Waals surface area contributed by atoms with Crippen LogP contribution in [-0.2, 0) is 0 Å². The Morgan fingerprint density at radius 3 is 2.63 bits per heavy atom. The van der Waals surface area contributed by atoms with Crippen LogP contribution in [0.3, 0.4) is 0 Å². The van der Waals surface area contributed by atoms with E-state index in [2.05, 4.69) is 31.0 Å². The van der Waals surface area contributed by atoms with Crippen LogP contribution >= 0.6 is 0 Å². The van der Waals surface area contributed by atoms with Crippen molar-refractivity contribution >= 4 is 0 Å². The molecule has 1 saturated heterocycles. The van der Waals surface area contributed by atoms with E-state index in [0.717, 1.165) is 35.9 Å². The predicted molar refractivity (Wildman–Crippen MR) is 81.3 cm³/mol. The number of hydrogen-bond acceptors (Lipinski definition) is 2. The molecule has 3 rings (SSSR count). The van der Waals surface area contributed by atoms with E-state index >= 15 is 0 Å². The minimum Gasteiger partial charge on any atom is -0.311 e. The summed E-state index contributed by atoms with van der Waals surface area (Å²) in [5.41, 5.74) is 0.